The molecule has 6 heteroatoms. The van der Waals surface area contributed by atoms with Gasteiger partial charge < -0.3 is 0 Å². The van der Waals surface area contributed by atoms with Crippen LogP contribution in [-0.4, -0.2) is 20.7 Å². The first-order valence-electron chi connectivity index (χ1n) is 7.72. The van der Waals surface area contributed by atoms with Crippen molar-refractivity contribution >= 4 is 5.78 Å². The Morgan fingerprint density at radius 2 is 1.80 bits per heavy atom. The molecule has 0 aliphatic rings. The van der Waals surface area contributed by atoms with E-state index in [9.17, 15) is 13.6 Å². The Hall–Kier alpha value is -3.02. The SMILES string of the molecule is Cc1nccc(C(=O)Cc2ccc(Cc3ccc(F)c(F)c3)cn2)n1. The highest BCUT2D eigenvalue weighted by Crippen LogP contribution is 2.14. The van der Waals surface area contributed by atoms with E-state index >= 15 is 0 Å². The molecule has 3 aromatic rings. The summed E-state index contributed by atoms with van der Waals surface area (Å²) in [6, 6.07) is 8.96. The fourth-order valence-corrected chi connectivity index (χ4v) is 2.42. The third kappa shape index (κ3) is 4.29. The fraction of sp³-hybridized carbons (Fsp3) is 0.158. The van der Waals surface area contributed by atoms with Gasteiger partial charge in [0.2, 0.25) is 0 Å². The van der Waals surface area contributed by atoms with Gasteiger partial charge in [0.25, 0.3) is 0 Å². The van der Waals surface area contributed by atoms with Gasteiger partial charge in [-0.1, -0.05) is 12.1 Å². The Balaban J connectivity index is 1.67. The van der Waals surface area contributed by atoms with Crippen molar-refractivity contribution in [2.45, 2.75) is 19.8 Å². The van der Waals surface area contributed by atoms with Crippen molar-refractivity contribution < 1.29 is 13.6 Å². The molecule has 2 heterocycles. The van der Waals surface area contributed by atoms with Gasteiger partial charge in [-0.2, -0.15) is 0 Å². The van der Waals surface area contributed by atoms with Crippen LogP contribution in [0.1, 0.15) is 33.1 Å². The second-order valence-electron chi connectivity index (χ2n) is 5.67. The summed E-state index contributed by atoms with van der Waals surface area (Å²) in [5, 5.41) is 0. The van der Waals surface area contributed by atoms with E-state index in [1.165, 1.54) is 12.1 Å². The molecule has 2 aromatic heterocycles. The molecule has 0 saturated carbocycles. The van der Waals surface area contributed by atoms with Crippen LogP contribution in [0.2, 0.25) is 0 Å². The number of aryl methyl sites for hydroxylation is 1. The third-order valence-electron chi connectivity index (χ3n) is 3.68. The van der Waals surface area contributed by atoms with Crippen LogP contribution in [0.15, 0.2) is 48.8 Å². The average Bonchev–Trinajstić information content (AvgIpc) is 2.60. The summed E-state index contributed by atoms with van der Waals surface area (Å²) < 4.78 is 26.2. The lowest BCUT2D eigenvalue weighted by atomic mass is 10.1. The van der Waals surface area contributed by atoms with Crippen molar-refractivity contribution in [1.29, 1.82) is 0 Å². The molecule has 0 aliphatic heterocycles. The number of hydrogen-bond acceptors (Lipinski definition) is 4. The minimum atomic E-state index is -0.868. The van der Waals surface area contributed by atoms with Crippen molar-refractivity contribution in [3.8, 4) is 0 Å². The summed E-state index contributed by atoms with van der Waals surface area (Å²) in [7, 11) is 0. The van der Waals surface area contributed by atoms with Gasteiger partial charge in [0.1, 0.15) is 11.5 Å². The fourth-order valence-electron chi connectivity index (χ4n) is 2.42. The van der Waals surface area contributed by atoms with E-state index in [2.05, 4.69) is 15.0 Å². The number of rotatable bonds is 5. The number of benzene rings is 1. The first-order valence-corrected chi connectivity index (χ1v) is 7.72. The Morgan fingerprint density at radius 1 is 1.00 bits per heavy atom. The molecule has 0 radical (unpaired) electrons. The zero-order chi connectivity index (χ0) is 17.8. The number of carbonyl (C=O) groups is 1. The highest BCUT2D eigenvalue weighted by atomic mass is 19.2. The smallest absolute Gasteiger partial charge is 0.187 e. The number of Topliss-reactive ketones (excluding diaryl/α,β-unsaturated/α-hetero) is 1. The van der Waals surface area contributed by atoms with E-state index in [0.717, 1.165) is 11.6 Å². The Bertz CT molecular complexity index is 911. The topological polar surface area (TPSA) is 55.7 Å². The first kappa shape index (κ1) is 16.8. The molecule has 126 valence electrons. The summed E-state index contributed by atoms with van der Waals surface area (Å²) in [4.78, 5) is 24.5. The lowest BCUT2D eigenvalue weighted by molar-refractivity contribution is 0.0986. The van der Waals surface area contributed by atoms with Gasteiger partial charge in [0.15, 0.2) is 17.4 Å². The molecule has 0 unspecified atom stereocenters. The molecule has 4 nitrogen and oxygen atoms in total. The standard InChI is InChI=1S/C19H15F2N3O/c1-12-22-7-6-18(24-12)19(25)10-15-4-2-14(11-23-15)8-13-3-5-16(20)17(21)9-13/h2-7,9,11H,8,10H2,1H3. The lowest BCUT2D eigenvalue weighted by Crippen LogP contribution is -2.08. The maximum Gasteiger partial charge on any atom is 0.187 e. The summed E-state index contributed by atoms with van der Waals surface area (Å²) in [5.74, 6) is -1.32. The molecule has 3 rings (SSSR count). The summed E-state index contributed by atoms with van der Waals surface area (Å²) in [5.41, 5.74) is 2.48. The van der Waals surface area contributed by atoms with Crippen LogP contribution in [0.4, 0.5) is 8.78 Å². The van der Waals surface area contributed by atoms with E-state index < -0.39 is 11.6 Å². The summed E-state index contributed by atoms with van der Waals surface area (Å²) >= 11 is 0. The third-order valence-corrected chi connectivity index (χ3v) is 3.68. The largest absolute Gasteiger partial charge is 0.292 e. The number of nitrogens with zero attached hydrogens (tertiary/aromatic N) is 3. The predicted octanol–water partition coefficient (Wildman–Crippen LogP) is 3.47. The van der Waals surface area contributed by atoms with Crippen LogP contribution in [0.3, 0.4) is 0 Å². The number of ketones is 1. The molecule has 0 saturated heterocycles. The highest BCUT2D eigenvalue weighted by molar-refractivity contribution is 5.95. The van der Waals surface area contributed by atoms with Crippen molar-refractivity contribution in [1.82, 2.24) is 15.0 Å². The van der Waals surface area contributed by atoms with Crippen molar-refractivity contribution in [2.75, 3.05) is 0 Å². The normalized spacial score (nSPS) is 10.7. The second kappa shape index (κ2) is 7.25. The second-order valence-corrected chi connectivity index (χ2v) is 5.67. The molecular weight excluding hydrogens is 324 g/mol. The minimum Gasteiger partial charge on any atom is -0.292 e. The quantitative estimate of drug-likeness (QED) is 0.668. The van der Waals surface area contributed by atoms with Gasteiger partial charge in [0.05, 0.1) is 6.42 Å². The van der Waals surface area contributed by atoms with Gasteiger partial charge in [0, 0.05) is 18.1 Å². The summed E-state index contributed by atoms with van der Waals surface area (Å²) in [6.45, 7) is 1.72. The Kier molecular flexibility index (Phi) is 4.88. The monoisotopic (exact) mass is 339 g/mol. The molecule has 0 bridgehead atoms. The Labute approximate surface area is 143 Å². The molecule has 25 heavy (non-hydrogen) atoms. The number of halogens is 2. The maximum absolute atomic E-state index is 13.2. The van der Waals surface area contributed by atoms with Crippen LogP contribution >= 0.6 is 0 Å². The number of aromatic nitrogens is 3. The Morgan fingerprint density at radius 3 is 2.48 bits per heavy atom. The molecule has 0 fully saturated rings. The van der Waals surface area contributed by atoms with Crippen molar-refractivity contribution in [3.63, 3.8) is 0 Å². The van der Waals surface area contributed by atoms with E-state index in [1.54, 1.807) is 31.5 Å². The minimum absolute atomic E-state index is 0.133. The molecule has 0 atom stereocenters. The van der Waals surface area contributed by atoms with Crippen LogP contribution in [-0.2, 0) is 12.8 Å². The maximum atomic E-state index is 13.2. The van der Waals surface area contributed by atoms with Gasteiger partial charge in [-0.25, -0.2) is 18.7 Å². The molecule has 1 aromatic carbocycles. The predicted molar refractivity (Wildman–Crippen MR) is 88.2 cm³/mol. The molecule has 0 aliphatic carbocycles. The van der Waals surface area contributed by atoms with Crippen molar-refractivity contribution in [2.24, 2.45) is 0 Å². The molecule has 0 spiro atoms. The van der Waals surface area contributed by atoms with Gasteiger partial charge in [-0.15, -0.1) is 0 Å². The van der Waals surface area contributed by atoms with E-state index in [0.29, 0.717) is 29.2 Å². The van der Waals surface area contributed by atoms with E-state index in [1.807, 2.05) is 6.07 Å². The number of pyridine rings is 1. The zero-order valence-electron chi connectivity index (χ0n) is 13.5. The number of hydrogen-bond donors (Lipinski definition) is 0. The van der Waals surface area contributed by atoms with Crippen molar-refractivity contribution in [3.05, 3.63) is 88.8 Å². The van der Waals surface area contributed by atoms with Crippen LogP contribution < -0.4 is 0 Å². The van der Waals surface area contributed by atoms with Gasteiger partial charge >= 0.3 is 0 Å². The van der Waals surface area contributed by atoms with Crippen LogP contribution in [0.5, 0.6) is 0 Å². The van der Waals surface area contributed by atoms with E-state index in [4.69, 9.17) is 0 Å². The van der Waals surface area contributed by atoms with E-state index in [-0.39, 0.29) is 12.2 Å². The average molecular weight is 339 g/mol. The van der Waals surface area contributed by atoms with Crippen LogP contribution in [0.25, 0.3) is 0 Å². The van der Waals surface area contributed by atoms with Gasteiger partial charge in [-0.3, -0.25) is 9.78 Å². The number of carbonyl (C=O) groups excluding carboxylic acids is 1. The zero-order valence-corrected chi connectivity index (χ0v) is 13.5. The highest BCUT2D eigenvalue weighted by Gasteiger charge is 2.10. The van der Waals surface area contributed by atoms with Crippen LogP contribution in [0, 0.1) is 18.6 Å². The summed E-state index contributed by atoms with van der Waals surface area (Å²) in [6.07, 6.45) is 3.76. The molecule has 0 amide bonds. The first-order chi connectivity index (χ1) is 12.0. The molecule has 0 N–H and O–H groups in total. The molecular formula is C19H15F2N3O. The lowest BCUT2D eigenvalue weighted by Gasteiger charge is -2.05. The van der Waals surface area contributed by atoms with Gasteiger partial charge in [-0.05, 0) is 48.7 Å².